The molecule has 0 aliphatic carbocycles. The van der Waals surface area contributed by atoms with Gasteiger partial charge < -0.3 is 0 Å². The van der Waals surface area contributed by atoms with Crippen LogP contribution in [0.25, 0.3) is 0 Å². The maximum absolute atomic E-state index is 13.2. The van der Waals surface area contributed by atoms with Crippen LogP contribution in [0.4, 0.5) is 4.39 Å². The van der Waals surface area contributed by atoms with Gasteiger partial charge in [0.1, 0.15) is 5.82 Å². The summed E-state index contributed by atoms with van der Waals surface area (Å²) in [7, 11) is 0. The molecule has 0 N–H and O–H groups in total. The molecule has 0 bridgehead atoms. The fourth-order valence-electron chi connectivity index (χ4n) is 1.07. The van der Waals surface area contributed by atoms with Crippen LogP contribution in [0.1, 0.15) is 19.4 Å². The van der Waals surface area contributed by atoms with Gasteiger partial charge >= 0.3 is 0 Å². The number of halogens is 2. The Kier molecular flexibility index (Phi) is 2.71. The summed E-state index contributed by atoms with van der Waals surface area (Å²) in [6.07, 6.45) is 0. The van der Waals surface area contributed by atoms with E-state index < -0.39 is 16.5 Å². The number of carbonyl (C=O) groups is 1. The van der Waals surface area contributed by atoms with Crippen molar-refractivity contribution in [3.8, 4) is 0 Å². The predicted molar refractivity (Wildman–Crippen MR) is 50.3 cm³/mol. The van der Waals surface area contributed by atoms with E-state index in [0.717, 1.165) is 0 Å². The Morgan fingerprint density at radius 2 is 1.92 bits per heavy atom. The first-order valence-corrected chi connectivity index (χ1v) is 4.29. The van der Waals surface area contributed by atoms with Gasteiger partial charge in [-0.2, -0.15) is 0 Å². The molecule has 0 atom stereocenters. The molecule has 70 valence electrons. The van der Waals surface area contributed by atoms with Gasteiger partial charge in [0.15, 0.2) is 0 Å². The summed E-state index contributed by atoms with van der Waals surface area (Å²) < 4.78 is 13.2. The number of carbonyl (C=O) groups excluding carboxylic acids is 1. The molecule has 1 rings (SSSR count). The van der Waals surface area contributed by atoms with E-state index in [2.05, 4.69) is 0 Å². The van der Waals surface area contributed by atoms with Crippen LogP contribution < -0.4 is 0 Å². The lowest BCUT2D eigenvalue weighted by Crippen LogP contribution is -2.26. The summed E-state index contributed by atoms with van der Waals surface area (Å²) in [6, 6.07) is 6.14. The van der Waals surface area contributed by atoms with Gasteiger partial charge in [-0.05, 0) is 31.5 Å². The van der Waals surface area contributed by atoms with E-state index in [0.29, 0.717) is 5.56 Å². The van der Waals surface area contributed by atoms with E-state index in [-0.39, 0.29) is 0 Å². The molecular formula is C10H10ClFO. The lowest BCUT2D eigenvalue weighted by atomic mass is 9.86. The second-order valence-corrected chi connectivity index (χ2v) is 3.72. The molecule has 0 aliphatic heterocycles. The zero-order chi connectivity index (χ0) is 10.1. The lowest BCUT2D eigenvalue weighted by Gasteiger charge is -2.20. The number of hydrogen-bond donors (Lipinski definition) is 0. The van der Waals surface area contributed by atoms with Crippen molar-refractivity contribution in [3.63, 3.8) is 0 Å². The Hall–Kier alpha value is -0.890. The maximum atomic E-state index is 13.2. The van der Waals surface area contributed by atoms with E-state index in [9.17, 15) is 9.18 Å². The highest BCUT2D eigenvalue weighted by molar-refractivity contribution is 6.65. The molecule has 0 unspecified atom stereocenters. The fourth-order valence-corrected chi connectivity index (χ4v) is 1.18. The van der Waals surface area contributed by atoms with Crippen LogP contribution in [0.2, 0.25) is 0 Å². The molecule has 1 aromatic rings. The Morgan fingerprint density at radius 3 is 2.38 bits per heavy atom. The van der Waals surface area contributed by atoms with E-state index in [1.807, 2.05) is 0 Å². The second kappa shape index (κ2) is 3.46. The lowest BCUT2D eigenvalue weighted by molar-refractivity contribution is -0.115. The first-order chi connectivity index (χ1) is 5.96. The normalized spacial score (nSPS) is 11.4. The van der Waals surface area contributed by atoms with Gasteiger partial charge in [0, 0.05) is 5.56 Å². The first kappa shape index (κ1) is 10.2. The molecule has 13 heavy (non-hydrogen) atoms. The quantitative estimate of drug-likeness (QED) is 0.671. The standard InChI is InChI=1S/C10H10ClFO/c1-10(2,9(11)13)7-5-3-4-6-8(7)12/h3-6H,1-2H3. The summed E-state index contributed by atoms with van der Waals surface area (Å²) >= 11 is 5.37. The SMILES string of the molecule is CC(C)(C(=O)Cl)c1ccccc1F. The summed E-state index contributed by atoms with van der Waals surface area (Å²) in [4.78, 5) is 11.0. The predicted octanol–water partition coefficient (Wildman–Crippen LogP) is 2.87. The van der Waals surface area contributed by atoms with Crippen LogP contribution in [0.15, 0.2) is 24.3 Å². The Labute approximate surface area is 81.5 Å². The van der Waals surface area contributed by atoms with Crippen molar-refractivity contribution in [2.45, 2.75) is 19.3 Å². The molecule has 1 nitrogen and oxygen atoms in total. The van der Waals surface area contributed by atoms with Gasteiger partial charge in [-0.3, -0.25) is 4.79 Å². The number of hydrogen-bond acceptors (Lipinski definition) is 1. The largest absolute Gasteiger partial charge is 0.280 e. The van der Waals surface area contributed by atoms with Gasteiger partial charge in [-0.15, -0.1) is 0 Å². The Bertz CT molecular complexity index is 333. The van der Waals surface area contributed by atoms with Gasteiger partial charge in [-0.25, -0.2) is 4.39 Å². The van der Waals surface area contributed by atoms with Crippen LogP contribution in [-0.2, 0) is 10.2 Å². The summed E-state index contributed by atoms with van der Waals surface area (Å²) in [5.41, 5.74) is -0.637. The van der Waals surface area contributed by atoms with Crippen molar-refractivity contribution < 1.29 is 9.18 Å². The minimum Gasteiger partial charge on any atom is -0.280 e. The van der Waals surface area contributed by atoms with Gasteiger partial charge in [0.05, 0.1) is 5.41 Å². The van der Waals surface area contributed by atoms with Crippen molar-refractivity contribution in [1.29, 1.82) is 0 Å². The van der Waals surface area contributed by atoms with Crippen LogP contribution in [0.3, 0.4) is 0 Å². The van der Waals surface area contributed by atoms with Crippen LogP contribution >= 0.6 is 11.6 Å². The molecule has 0 radical (unpaired) electrons. The monoisotopic (exact) mass is 200 g/mol. The molecule has 0 aliphatic rings. The zero-order valence-electron chi connectivity index (χ0n) is 7.47. The second-order valence-electron chi connectivity index (χ2n) is 3.38. The van der Waals surface area contributed by atoms with Crippen molar-refractivity contribution >= 4 is 16.8 Å². The fraction of sp³-hybridized carbons (Fsp3) is 0.300. The molecule has 3 heteroatoms. The third-order valence-electron chi connectivity index (χ3n) is 2.04. The summed E-state index contributed by atoms with van der Waals surface area (Å²) in [6.45, 7) is 3.20. The minimum atomic E-state index is -0.965. The highest BCUT2D eigenvalue weighted by Gasteiger charge is 2.30. The molecule has 0 aromatic heterocycles. The van der Waals surface area contributed by atoms with Crippen molar-refractivity contribution in [2.24, 2.45) is 0 Å². The third-order valence-corrected chi connectivity index (χ3v) is 2.51. The molecule has 0 spiro atoms. The molecule has 0 saturated heterocycles. The van der Waals surface area contributed by atoms with Crippen molar-refractivity contribution in [3.05, 3.63) is 35.6 Å². The van der Waals surface area contributed by atoms with Gasteiger partial charge in [0.25, 0.3) is 0 Å². The van der Waals surface area contributed by atoms with E-state index in [1.165, 1.54) is 6.07 Å². The Balaban J connectivity index is 3.22. The number of rotatable bonds is 2. The summed E-state index contributed by atoms with van der Waals surface area (Å²) in [5.74, 6) is -0.401. The minimum absolute atomic E-state index is 0.329. The highest BCUT2D eigenvalue weighted by Crippen LogP contribution is 2.27. The van der Waals surface area contributed by atoms with Gasteiger partial charge in [0.2, 0.25) is 5.24 Å². The highest BCUT2D eigenvalue weighted by atomic mass is 35.5. The molecule has 0 fully saturated rings. The van der Waals surface area contributed by atoms with Gasteiger partial charge in [-0.1, -0.05) is 18.2 Å². The zero-order valence-corrected chi connectivity index (χ0v) is 8.23. The smallest absolute Gasteiger partial charge is 0.231 e. The maximum Gasteiger partial charge on any atom is 0.231 e. The molecule has 0 heterocycles. The average molecular weight is 201 g/mol. The molecule has 0 amide bonds. The molecule has 0 saturated carbocycles. The van der Waals surface area contributed by atoms with Crippen LogP contribution in [0, 0.1) is 5.82 Å². The first-order valence-electron chi connectivity index (χ1n) is 3.91. The van der Waals surface area contributed by atoms with E-state index in [4.69, 9.17) is 11.6 Å². The van der Waals surface area contributed by atoms with E-state index in [1.54, 1.807) is 32.0 Å². The topological polar surface area (TPSA) is 17.1 Å². The van der Waals surface area contributed by atoms with Crippen LogP contribution in [0.5, 0.6) is 0 Å². The van der Waals surface area contributed by atoms with Crippen molar-refractivity contribution in [2.75, 3.05) is 0 Å². The van der Waals surface area contributed by atoms with E-state index >= 15 is 0 Å². The molecular weight excluding hydrogens is 191 g/mol. The third kappa shape index (κ3) is 1.89. The van der Waals surface area contributed by atoms with Crippen LogP contribution in [-0.4, -0.2) is 5.24 Å². The molecule has 1 aromatic carbocycles. The Morgan fingerprint density at radius 1 is 1.38 bits per heavy atom. The van der Waals surface area contributed by atoms with Crippen molar-refractivity contribution in [1.82, 2.24) is 0 Å². The average Bonchev–Trinajstić information content (AvgIpc) is 2.04. The number of benzene rings is 1. The summed E-state index contributed by atoms with van der Waals surface area (Å²) in [5, 5.41) is -0.558.